The Kier molecular flexibility index (Phi) is 6.46. The fourth-order valence-corrected chi connectivity index (χ4v) is 2.27. The third-order valence-electron chi connectivity index (χ3n) is 3.62. The molecule has 5 nitrogen and oxygen atoms in total. The van der Waals surface area contributed by atoms with Crippen molar-refractivity contribution < 1.29 is 9.90 Å². The molecule has 6 heteroatoms. The molecule has 1 unspecified atom stereocenters. The van der Waals surface area contributed by atoms with Crippen LogP contribution in [0.5, 0.6) is 0 Å². The van der Waals surface area contributed by atoms with E-state index in [4.69, 9.17) is 11.6 Å². The number of hydrogen-bond donors (Lipinski definition) is 3. The Balaban J connectivity index is 1.75. The zero-order valence-corrected chi connectivity index (χ0v) is 14.5. The first-order chi connectivity index (χ1) is 11.5. The van der Waals surface area contributed by atoms with Crippen molar-refractivity contribution in [1.82, 2.24) is 10.6 Å². The van der Waals surface area contributed by atoms with Crippen molar-refractivity contribution in [2.45, 2.75) is 12.6 Å². The number of hydrogen-bond acceptors (Lipinski definition) is 3. The van der Waals surface area contributed by atoms with Crippen molar-refractivity contribution in [3.05, 3.63) is 64.7 Å². The van der Waals surface area contributed by atoms with Crippen LogP contribution in [0.25, 0.3) is 0 Å². The van der Waals surface area contributed by atoms with Crippen molar-refractivity contribution in [1.29, 1.82) is 0 Å². The highest BCUT2D eigenvalue weighted by atomic mass is 35.5. The molecule has 0 fully saturated rings. The summed E-state index contributed by atoms with van der Waals surface area (Å²) in [4.78, 5) is 13.8. The molecule has 2 rings (SSSR count). The van der Waals surface area contributed by atoms with Gasteiger partial charge in [0, 0.05) is 37.9 Å². The third kappa shape index (κ3) is 5.44. The SMILES string of the molecule is CN(C)c1ccc(CNC(=O)NCC(O)c2ccc(Cl)cc2)cc1. The number of anilines is 1. The van der Waals surface area contributed by atoms with Crippen LogP contribution in [-0.2, 0) is 6.54 Å². The van der Waals surface area contributed by atoms with Gasteiger partial charge in [-0.15, -0.1) is 0 Å². The molecule has 1 atom stereocenters. The number of aliphatic hydroxyl groups excluding tert-OH is 1. The van der Waals surface area contributed by atoms with E-state index in [9.17, 15) is 9.90 Å². The van der Waals surface area contributed by atoms with Crippen LogP contribution in [0.1, 0.15) is 17.2 Å². The topological polar surface area (TPSA) is 64.6 Å². The number of carbonyl (C=O) groups is 1. The number of urea groups is 1. The van der Waals surface area contributed by atoms with Gasteiger partial charge in [0.05, 0.1) is 6.10 Å². The lowest BCUT2D eigenvalue weighted by Crippen LogP contribution is -2.37. The van der Waals surface area contributed by atoms with E-state index in [2.05, 4.69) is 10.6 Å². The Bertz CT molecular complexity index is 657. The summed E-state index contributed by atoms with van der Waals surface area (Å²) in [6.07, 6.45) is -0.771. The predicted molar refractivity (Wildman–Crippen MR) is 97.4 cm³/mol. The Labute approximate surface area is 147 Å². The highest BCUT2D eigenvalue weighted by Gasteiger charge is 2.09. The molecule has 24 heavy (non-hydrogen) atoms. The van der Waals surface area contributed by atoms with E-state index in [1.54, 1.807) is 24.3 Å². The predicted octanol–water partition coefficient (Wildman–Crippen LogP) is 2.94. The number of rotatable bonds is 6. The monoisotopic (exact) mass is 347 g/mol. The van der Waals surface area contributed by atoms with Crippen LogP contribution in [0, 0.1) is 0 Å². The van der Waals surface area contributed by atoms with E-state index in [1.165, 1.54) is 0 Å². The maximum absolute atomic E-state index is 11.8. The minimum atomic E-state index is -0.771. The highest BCUT2D eigenvalue weighted by molar-refractivity contribution is 6.30. The highest BCUT2D eigenvalue weighted by Crippen LogP contribution is 2.15. The van der Waals surface area contributed by atoms with E-state index >= 15 is 0 Å². The zero-order chi connectivity index (χ0) is 17.5. The standard InChI is InChI=1S/C18H22ClN3O2/c1-22(2)16-9-3-13(4-10-16)11-20-18(24)21-12-17(23)14-5-7-15(19)8-6-14/h3-10,17,23H,11-12H2,1-2H3,(H2,20,21,24). The van der Waals surface area contributed by atoms with Crippen molar-refractivity contribution in [2.24, 2.45) is 0 Å². The largest absolute Gasteiger partial charge is 0.387 e. The molecule has 128 valence electrons. The lowest BCUT2D eigenvalue weighted by atomic mass is 10.1. The second-order valence-corrected chi connectivity index (χ2v) is 6.13. The van der Waals surface area contributed by atoms with Gasteiger partial charge in [-0.2, -0.15) is 0 Å². The smallest absolute Gasteiger partial charge is 0.315 e. The van der Waals surface area contributed by atoms with Gasteiger partial charge in [0.25, 0.3) is 0 Å². The van der Waals surface area contributed by atoms with Gasteiger partial charge in [-0.25, -0.2) is 4.79 Å². The fourth-order valence-electron chi connectivity index (χ4n) is 2.15. The fraction of sp³-hybridized carbons (Fsp3) is 0.278. The van der Waals surface area contributed by atoms with E-state index in [0.29, 0.717) is 17.1 Å². The minimum absolute atomic E-state index is 0.132. The number of nitrogens with zero attached hydrogens (tertiary/aromatic N) is 1. The van der Waals surface area contributed by atoms with Gasteiger partial charge in [-0.05, 0) is 35.4 Å². The van der Waals surface area contributed by atoms with Gasteiger partial charge >= 0.3 is 6.03 Å². The molecule has 0 bridgehead atoms. The van der Waals surface area contributed by atoms with Gasteiger partial charge in [0.2, 0.25) is 0 Å². The van der Waals surface area contributed by atoms with E-state index in [0.717, 1.165) is 11.3 Å². The Morgan fingerprint density at radius 3 is 2.29 bits per heavy atom. The van der Waals surface area contributed by atoms with Crippen LogP contribution in [0.2, 0.25) is 5.02 Å². The molecule has 0 saturated heterocycles. The van der Waals surface area contributed by atoms with Crippen LogP contribution in [0.15, 0.2) is 48.5 Å². The average molecular weight is 348 g/mol. The summed E-state index contributed by atoms with van der Waals surface area (Å²) in [7, 11) is 3.96. The molecule has 2 aromatic rings. The molecule has 3 N–H and O–H groups in total. The van der Waals surface area contributed by atoms with E-state index < -0.39 is 6.10 Å². The van der Waals surface area contributed by atoms with Crippen LogP contribution in [0.3, 0.4) is 0 Å². The Hall–Kier alpha value is -2.24. The summed E-state index contributed by atoms with van der Waals surface area (Å²) in [5, 5.41) is 16.1. The molecule has 0 aromatic heterocycles. The summed E-state index contributed by atoms with van der Waals surface area (Å²) in [6, 6.07) is 14.5. The third-order valence-corrected chi connectivity index (χ3v) is 3.87. The molecule has 2 aromatic carbocycles. The number of amides is 2. The van der Waals surface area contributed by atoms with Crippen molar-refractivity contribution in [2.75, 3.05) is 25.5 Å². The van der Waals surface area contributed by atoms with Crippen LogP contribution < -0.4 is 15.5 Å². The maximum Gasteiger partial charge on any atom is 0.315 e. The van der Waals surface area contributed by atoms with Gasteiger partial charge in [-0.3, -0.25) is 0 Å². The first kappa shape index (κ1) is 18.1. The number of nitrogens with one attached hydrogen (secondary N) is 2. The first-order valence-electron chi connectivity index (χ1n) is 7.67. The molecule has 0 aliphatic heterocycles. The van der Waals surface area contributed by atoms with Crippen LogP contribution in [0.4, 0.5) is 10.5 Å². The van der Waals surface area contributed by atoms with Crippen LogP contribution >= 0.6 is 11.6 Å². The lowest BCUT2D eigenvalue weighted by molar-refractivity contribution is 0.173. The molecular weight excluding hydrogens is 326 g/mol. The minimum Gasteiger partial charge on any atom is -0.387 e. The Morgan fingerprint density at radius 2 is 1.71 bits per heavy atom. The van der Waals surface area contributed by atoms with Crippen molar-refractivity contribution in [3.63, 3.8) is 0 Å². The van der Waals surface area contributed by atoms with Crippen molar-refractivity contribution in [3.8, 4) is 0 Å². The molecule has 0 radical (unpaired) electrons. The Morgan fingerprint density at radius 1 is 1.08 bits per heavy atom. The van der Waals surface area contributed by atoms with Gasteiger partial charge in [-0.1, -0.05) is 35.9 Å². The molecule has 0 saturated carbocycles. The normalized spacial score (nSPS) is 11.7. The second-order valence-electron chi connectivity index (χ2n) is 5.69. The zero-order valence-electron chi connectivity index (χ0n) is 13.8. The van der Waals surface area contributed by atoms with Gasteiger partial charge in [0.1, 0.15) is 0 Å². The van der Waals surface area contributed by atoms with Crippen LogP contribution in [-0.4, -0.2) is 31.8 Å². The summed E-state index contributed by atoms with van der Waals surface area (Å²) in [5.74, 6) is 0. The molecular formula is C18H22ClN3O2. The molecule has 2 amide bonds. The molecule has 0 spiro atoms. The molecule has 0 aliphatic rings. The summed E-state index contributed by atoms with van der Waals surface area (Å²) in [5.41, 5.74) is 2.82. The van der Waals surface area contributed by atoms with E-state index in [-0.39, 0.29) is 12.6 Å². The van der Waals surface area contributed by atoms with E-state index in [1.807, 2.05) is 43.3 Å². The number of aliphatic hydroxyl groups is 1. The molecule has 0 heterocycles. The van der Waals surface area contributed by atoms with Crippen molar-refractivity contribution >= 4 is 23.3 Å². The maximum atomic E-state index is 11.8. The summed E-state index contributed by atoms with van der Waals surface area (Å²) >= 11 is 5.81. The summed E-state index contributed by atoms with van der Waals surface area (Å²) < 4.78 is 0. The number of benzene rings is 2. The lowest BCUT2D eigenvalue weighted by Gasteiger charge is -2.14. The van der Waals surface area contributed by atoms with Gasteiger partial charge < -0.3 is 20.6 Å². The average Bonchev–Trinajstić information content (AvgIpc) is 2.58. The first-order valence-corrected chi connectivity index (χ1v) is 8.05. The second kappa shape index (κ2) is 8.57. The summed E-state index contributed by atoms with van der Waals surface area (Å²) in [6.45, 7) is 0.559. The number of halogens is 1. The van der Waals surface area contributed by atoms with Gasteiger partial charge in [0.15, 0.2) is 0 Å². The molecule has 0 aliphatic carbocycles. The quantitative estimate of drug-likeness (QED) is 0.752. The number of carbonyl (C=O) groups excluding carboxylic acids is 1.